The molecular formula is C15H20N2O5S2. The lowest BCUT2D eigenvalue weighted by Gasteiger charge is -2.34. The number of nitrogens with one attached hydrogen (secondary N) is 1. The summed E-state index contributed by atoms with van der Waals surface area (Å²) in [6, 6.07) is 2.29. The number of nitrogens with zero attached hydrogens (tertiary/aromatic N) is 1. The molecule has 1 aromatic rings. The molecule has 1 amide bonds. The van der Waals surface area contributed by atoms with Crippen LogP contribution in [0.4, 0.5) is 0 Å². The van der Waals surface area contributed by atoms with E-state index in [9.17, 15) is 18.0 Å². The van der Waals surface area contributed by atoms with Crippen molar-refractivity contribution in [3.05, 3.63) is 17.5 Å². The van der Waals surface area contributed by atoms with Crippen LogP contribution in [0, 0.1) is 11.3 Å². The molecule has 1 saturated carbocycles. The van der Waals surface area contributed by atoms with Gasteiger partial charge in [-0.25, -0.2) is 8.42 Å². The molecule has 1 aliphatic carbocycles. The van der Waals surface area contributed by atoms with Gasteiger partial charge in [0.15, 0.2) is 0 Å². The number of aliphatic carboxylic acids is 1. The maximum atomic E-state index is 12.5. The third kappa shape index (κ3) is 3.20. The van der Waals surface area contributed by atoms with Crippen LogP contribution in [0.5, 0.6) is 0 Å². The third-order valence-corrected chi connectivity index (χ3v) is 7.96. The quantitative estimate of drug-likeness (QED) is 0.806. The van der Waals surface area contributed by atoms with E-state index >= 15 is 0 Å². The zero-order valence-corrected chi connectivity index (χ0v) is 14.9. The fraction of sp³-hybridized carbons (Fsp3) is 0.600. The zero-order valence-electron chi connectivity index (χ0n) is 13.3. The van der Waals surface area contributed by atoms with Gasteiger partial charge in [0.1, 0.15) is 4.21 Å². The summed E-state index contributed by atoms with van der Waals surface area (Å²) >= 11 is 1.10. The molecule has 7 nitrogen and oxygen atoms in total. The molecule has 1 aliphatic heterocycles. The first-order valence-corrected chi connectivity index (χ1v) is 10.2. The first kappa shape index (κ1) is 17.4. The second-order valence-corrected chi connectivity index (χ2v) is 9.45. The number of amides is 1. The molecule has 2 unspecified atom stereocenters. The molecule has 0 bridgehead atoms. The summed E-state index contributed by atoms with van der Waals surface area (Å²) in [5, 5.41) is 10.8. The van der Waals surface area contributed by atoms with Crippen LogP contribution < -0.4 is 4.72 Å². The number of carbonyl (C=O) groups excluding carboxylic acids is 1. The van der Waals surface area contributed by atoms with E-state index in [0.29, 0.717) is 32.4 Å². The van der Waals surface area contributed by atoms with Crippen molar-refractivity contribution in [3.8, 4) is 0 Å². The molecule has 9 heteroatoms. The first-order chi connectivity index (χ1) is 11.3. The van der Waals surface area contributed by atoms with E-state index < -0.39 is 22.0 Å². The van der Waals surface area contributed by atoms with Crippen LogP contribution in [-0.4, -0.2) is 49.4 Å². The van der Waals surface area contributed by atoms with Crippen molar-refractivity contribution in [2.45, 2.75) is 36.4 Å². The lowest BCUT2D eigenvalue weighted by Crippen LogP contribution is -2.49. The van der Waals surface area contributed by atoms with Gasteiger partial charge in [-0.3, -0.25) is 9.59 Å². The van der Waals surface area contributed by atoms with E-state index in [0.717, 1.165) is 11.3 Å². The van der Waals surface area contributed by atoms with Gasteiger partial charge >= 0.3 is 5.97 Å². The number of piperidine rings is 1. The highest BCUT2D eigenvalue weighted by atomic mass is 32.2. The van der Waals surface area contributed by atoms with Crippen LogP contribution in [-0.2, 0) is 19.6 Å². The van der Waals surface area contributed by atoms with Crippen molar-refractivity contribution in [1.82, 2.24) is 9.62 Å². The number of likely N-dealkylation sites (tertiary alicyclic amines) is 1. The number of rotatable bonds is 5. The Morgan fingerprint density at radius 3 is 2.58 bits per heavy atom. The molecule has 2 atom stereocenters. The topological polar surface area (TPSA) is 104 Å². The van der Waals surface area contributed by atoms with Crippen LogP contribution in [0.2, 0.25) is 0 Å². The minimum atomic E-state index is -3.69. The Morgan fingerprint density at radius 2 is 2.08 bits per heavy atom. The summed E-state index contributed by atoms with van der Waals surface area (Å²) in [6.45, 7) is 2.50. The molecule has 1 spiro atoms. The summed E-state index contributed by atoms with van der Waals surface area (Å²) < 4.78 is 27.0. The van der Waals surface area contributed by atoms with Gasteiger partial charge in [0.05, 0.1) is 12.0 Å². The molecular weight excluding hydrogens is 352 g/mol. The molecule has 2 N–H and O–H groups in total. The average molecular weight is 372 g/mol. The van der Waals surface area contributed by atoms with Gasteiger partial charge in [0, 0.05) is 13.1 Å². The van der Waals surface area contributed by atoms with E-state index in [1.807, 2.05) is 0 Å². The minimum Gasteiger partial charge on any atom is -0.481 e. The molecule has 0 aromatic carbocycles. The van der Waals surface area contributed by atoms with Gasteiger partial charge in [-0.05, 0) is 43.0 Å². The molecule has 2 fully saturated rings. The fourth-order valence-electron chi connectivity index (χ4n) is 3.45. The SMILES string of the molecule is CC(NS(=O)(=O)c1cccs1)C(=O)N1CCC2(CC1)CC2C(=O)O. The Balaban J connectivity index is 1.57. The maximum Gasteiger partial charge on any atom is 0.307 e. The maximum absolute atomic E-state index is 12.5. The van der Waals surface area contributed by atoms with E-state index in [-0.39, 0.29) is 21.4 Å². The summed E-state index contributed by atoms with van der Waals surface area (Å²) in [7, 11) is -3.69. The second-order valence-electron chi connectivity index (χ2n) is 6.56. The Labute approximate surface area is 144 Å². The summed E-state index contributed by atoms with van der Waals surface area (Å²) in [5.41, 5.74) is -0.150. The smallest absolute Gasteiger partial charge is 0.307 e. The fourth-order valence-corrected chi connectivity index (χ4v) is 5.66. The second kappa shape index (κ2) is 6.12. The van der Waals surface area contributed by atoms with Gasteiger partial charge in [-0.1, -0.05) is 6.07 Å². The molecule has 1 aromatic heterocycles. The van der Waals surface area contributed by atoms with Crippen molar-refractivity contribution < 1.29 is 23.1 Å². The lowest BCUT2D eigenvalue weighted by atomic mass is 9.90. The zero-order chi connectivity index (χ0) is 17.5. The van der Waals surface area contributed by atoms with Gasteiger partial charge in [0.25, 0.3) is 10.0 Å². The predicted octanol–water partition coefficient (Wildman–Crippen LogP) is 1.13. The van der Waals surface area contributed by atoms with Crippen molar-refractivity contribution in [3.63, 3.8) is 0 Å². The number of hydrogen-bond acceptors (Lipinski definition) is 5. The highest BCUT2D eigenvalue weighted by molar-refractivity contribution is 7.91. The highest BCUT2D eigenvalue weighted by Crippen LogP contribution is 2.59. The van der Waals surface area contributed by atoms with E-state index in [4.69, 9.17) is 5.11 Å². The Bertz CT molecular complexity index is 736. The number of hydrogen-bond donors (Lipinski definition) is 2. The Morgan fingerprint density at radius 1 is 1.42 bits per heavy atom. The predicted molar refractivity (Wildman–Crippen MR) is 88.1 cm³/mol. The normalized spacial score (nSPS) is 23.9. The van der Waals surface area contributed by atoms with Crippen LogP contribution >= 0.6 is 11.3 Å². The summed E-state index contributed by atoms with van der Waals surface area (Å²) in [4.78, 5) is 25.2. The first-order valence-electron chi connectivity index (χ1n) is 7.83. The molecule has 3 rings (SSSR count). The standard InChI is InChI=1S/C15H20N2O5S2/c1-10(16-24(21,22)12-3-2-8-23-12)13(18)17-6-4-15(5-7-17)9-11(15)14(19)20/h2-3,8,10-11,16H,4-7,9H2,1H3,(H,19,20). The van der Waals surface area contributed by atoms with Crippen molar-refractivity contribution in [2.24, 2.45) is 11.3 Å². The molecule has 24 heavy (non-hydrogen) atoms. The number of carboxylic acid groups (broad SMARTS) is 1. The molecule has 1 saturated heterocycles. The van der Waals surface area contributed by atoms with E-state index in [2.05, 4.69) is 4.72 Å². The van der Waals surface area contributed by atoms with Gasteiger partial charge < -0.3 is 10.0 Å². The Hall–Kier alpha value is -1.45. The molecule has 0 radical (unpaired) electrons. The van der Waals surface area contributed by atoms with Crippen molar-refractivity contribution in [2.75, 3.05) is 13.1 Å². The average Bonchev–Trinajstić information content (AvgIpc) is 2.98. The summed E-state index contributed by atoms with van der Waals surface area (Å²) in [5.74, 6) is -1.31. The molecule has 132 valence electrons. The van der Waals surface area contributed by atoms with Gasteiger partial charge in [-0.15, -0.1) is 11.3 Å². The van der Waals surface area contributed by atoms with Crippen LogP contribution in [0.25, 0.3) is 0 Å². The van der Waals surface area contributed by atoms with Crippen LogP contribution in [0.3, 0.4) is 0 Å². The highest BCUT2D eigenvalue weighted by Gasteiger charge is 2.59. The number of carboxylic acids is 1. The third-order valence-electron chi connectivity index (χ3n) is 5.02. The number of thiophene rings is 1. The Kier molecular flexibility index (Phi) is 4.43. The van der Waals surface area contributed by atoms with Crippen molar-refractivity contribution >= 4 is 33.2 Å². The largest absolute Gasteiger partial charge is 0.481 e. The molecule has 2 heterocycles. The summed E-state index contributed by atoms with van der Waals surface area (Å²) in [6.07, 6.45) is 2.02. The van der Waals surface area contributed by atoms with Gasteiger partial charge in [0.2, 0.25) is 5.91 Å². The minimum absolute atomic E-state index is 0.150. The monoisotopic (exact) mass is 372 g/mol. The molecule has 2 aliphatic rings. The lowest BCUT2D eigenvalue weighted by molar-refractivity contribution is -0.140. The van der Waals surface area contributed by atoms with Gasteiger partial charge in [-0.2, -0.15) is 4.72 Å². The van der Waals surface area contributed by atoms with Crippen LogP contribution in [0.1, 0.15) is 26.2 Å². The van der Waals surface area contributed by atoms with E-state index in [1.165, 1.54) is 13.0 Å². The van der Waals surface area contributed by atoms with Crippen LogP contribution in [0.15, 0.2) is 21.7 Å². The number of carbonyl (C=O) groups is 2. The number of sulfonamides is 1. The van der Waals surface area contributed by atoms with E-state index in [1.54, 1.807) is 16.3 Å². The van der Waals surface area contributed by atoms with Crippen molar-refractivity contribution in [1.29, 1.82) is 0 Å².